The van der Waals surface area contributed by atoms with Crippen molar-refractivity contribution in [2.75, 3.05) is 0 Å². The molecule has 1 nitrogen and oxygen atoms in total. The minimum Gasteiger partial charge on any atom is -0.296 e. The zero-order chi connectivity index (χ0) is 7.07. The molecule has 0 spiro atoms. The zero-order valence-corrected chi connectivity index (χ0v) is 6.67. The summed E-state index contributed by atoms with van der Waals surface area (Å²) in [7, 11) is 0. The molecular weight excluding hydrogens is 159 g/mol. The highest BCUT2D eigenvalue weighted by Gasteiger charge is 2.51. The first-order valence-electron chi connectivity index (χ1n) is 3.00. The van der Waals surface area contributed by atoms with Crippen molar-refractivity contribution < 1.29 is 4.79 Å². The second-order valence-corrected chi connectivity index (χ2v) is 3.74. The minimum absolute atomic E-state index is 0.0299. The number of hydrogen-bond donors (Lipinski definition) is 0. The monoisotopic (exact) mass is 166 g/mol. The fourth-order valence-electron chi connectivity index (χ4n) is 0.985. The van der Waals surface area contributed by atoms with Crippen LogP contribution in [0.2, 0.25) is 0 Å². The molecule has 1 fully saturated rings. The molecule has 1 rings (SSSR count). The van der Waals surface area contributed by atoms with Crippen LogP contribution in [0, 0.1) is 5.92 Å². The first-order chi connectivity index (χ1) is 4.09. The van der Waals surface area contributed by atoms with Gasteiger partial charge in [-0.05, 0) is 6.42 Å². The predicted octanol–water partition coefficient (Wildman–Crippen LogP) is 2.16. The van der Waals surface area contributed by atoms with Gasteiger partial charge in [-0.15, -0.1) is 0 Å². The van der Waals surface area contributed by atoms with E-state index >= 15 is 0 Å². The summed E-state index contributed by atoms with van der Waals surface area (Å²) in [6.45, 7) is 1.98. The highest BCUT2D eigenvalue weighted by Crippen LogP contribution is 2.45. The molecule has 0 bridgehead atoms. The molecule has 52 valence electrons. The van der Waals surface area contributed by atoms with E-state index in [4.69, 9.17) is 23.2 Å². The smallest absolute Gasteiger partial charge is 0.179 e. The summed E-state index contributed by atoms with van der Waals surface area (Å²) in [4.78, 5) is 10.7. The van der Waals surface area contributed by atoms with E-state index in [9.17, 15) is 4.79 Å². The van der Waals surface area contributed by atoms with E-state index in [1.807, 2.05) is 6.92 Å². The van der Waals surface area contributed by atoms with Crippen LogP contribution in [0.1, 0.15) is 19.8 Å². The van der Waals surface area contributed by atoms with Gasteiger partial charge in [0.05, 0.1) is 0 Å². The SMILES string of the molecule is CCC1CC(=O)C1(Cl)Cl. The summed E-state index contributed by atoms with van der Waals surface area (Å²) >= 11 is 11.3. The van der Waals surface area contributed by atoms with Crippen molar-refractivity contribution in [2.45, 2.75) is 24.1 Å². The van der Waals surface area contributed by atoms with Gasteiger partial charge in [0, 0.05) is 12.3 Å². The van der Waals surface area contributed by atoms with Crippen LogP contribution in [0.5, 0.6) is 0 Å². The quantitative estimate of drug-likeness (QED) is 0.547. The van der Waals surface area contributed by atoms with Crippen LogP contribution >= 0.6 is 23.2 Å². The molecule has 0 amide bonds. The van der Waals surface area contributed by atoms with Crippen molar-refractivity contribution in [1.82, 2.24) is 0 Å². The van der Waals surface area contributed by atoms with Crippen LogP contribution < -0.4 is 0 Å². The second-order valence-electron chi connectivity index (χ2n) is 2.36. The van der Waals surface area contributed by atoms with Crippen molar-refractivity contribution in [1.29, 1.82) is 0 Å². The Hall–Kier alpha value is 0.250. The first kappa shape index (κ1) is 7.36. The van der Waals surface area contributed by atoms with Crippen molar-refractivity contribution in [3.05, 3.63) is 0 Å². The topological polar surface area (TPSA) is 17.1 Å². The molecular formula is C6H8Cl2O. The summed E-state index contributed by atoms with van der Waals surface area (Å²) < 4.78 is -1.05. The van der Waals surface area contributed by atoms with Gasteiger partial charge in [0.15, 0.2) is 10.1 Å². The Bertz CT molecular complexity index is 142. The molecule has 0 aromatic heterocycles. The molecule has 1 aliphatic carbocycles. The average molecular weight is 167 g/mol. The third-order valence-electron chi connectivity index (χ3n) is 1.81. The predicted molar refractivity (Wildman–Crippen MR) is 37.8 cm³/mol. The van der Waals surface area contributed by atoms with Crippen LogP contribution in [0.15, 0.2) is 0 Å². The molecule has 0 aromatic carbocycles. The Morgan fingerprint density at radius 2 is 2.33 bits per heavy atom. The third-order valence-corrected chi connectivity index (χ3v) is 2.85. The average Bonchev–Trinajstić information content (AvgIpc) is 1.82. The molecule has 9 heavy (non-hydrogen) atoms. The number of carbonyl (C=O) groups is 1. The molecule has 1 atom stereocenters. The minimum atomic E-state index is -1.05. The molecule has 1 unspecified atom stereocenters. The van der Waals surface area contributed by atoms with Gasteiger partial charge < -0.3 is 0 Å². The Balaban J connectivity index is 2.58. The van der Waals surface area contributed by atoms with Crippen molar-refractivity contribution in [3.8, 4) is 0 Å². The maximum Gasteiger partial charge on any atom is 0.179 e. The summed E-state index contributed by atoms with van der Waals surface area (Å²) in [6.07, 6.45) is 1.45. The highest BCUT2D eigenvalue weighted by molar-refractivity contribution is 6.60. The lowest BCUT2D eigenvalue weighted by atomic mass is 9.81. The number of rotatable bonds is 1. The maximum atomic E-state index is 10.7. The van der Waals surface area contributed by atoms with E-state index in [0.29, 0.717) is 6.42 Å². The summed E-state index contributed by atoms with van der Waals surface area (Å²) in [6, 6.07) is 0. The third kappa shape index (κ3) is 0.968. The summed E-state index contributed by atoms with van der Waals surface area (Å²) in [5.74, 6) is 0.158. The van der Waals surface area contributed by atoms with Gasteiger partial charge in [0.1, 0.15) is 0 Å². The number of hydrogen-bond acceptors (Lipinski definition) is 1. The standard InChI is InChI=1S/C6H8Cl2O/c1-2-4-3-5(9)6(4,7)8/h4H,2-3H2,1H3. The van der Waals surface area contributed by atoms with E-state index in [-0.39, 0.29) is 11.7 Å². The van der Waals surface area contributed by atoms with Gasteiger partial charge in [-0.25, -0.2) is 0 Å². The van der Waals surface area contributed by atoms with Gasteiger partial charge in [-0.3, -0.25) is 4.79 Å². The first-order valence-corrected chi connectivity index (χ1v) is 3.75. The molecule has 0 saturated heterocycles. The highest BCUT2D eigenvalue weighted by atomic mass is 35.5. The van der Waals surface area contributed by atoms with Gasteiger partial charge in [0.2, 0.25) is 0 Å². The molecule has 1 saturated carbocycles. The number of halogens is 2. The summed E-state index contributed by atoms with van der Waals surface area (Å²) in [5, 5.41) is 0. The van der Waals surface area contributed by atoms with Crippen molar-refractivity contribution >= 4 is 29.0 Å². The van der Waals surface area contributed by atoms with Crippen molar-refractivity contribution in [3.63, 3.8) is 0 Å². The number of carbonyl (C=O) groups excluding carboxylic acids is 1. The molecule has 0 heterocycles. The lowest BCUT2D eigenvalue weighted by molar-refractivity contribution is -0.128. The molecule has 0 aliphatic heterocycles. The lowest BCUT2D eigenvalue weighted by Gasteiger charge is -2.36. The fraction of sp³-hybridized carbons (Fsp3) is 0.833. The van der Waals surface area contributed by atoms with Gasteiger partial charge >= 0.3 is 0 Å². The van der Waals surface area contributed by atoms with Gasteiger partial charge in [-0.1, -0.05) is 30.1 Å². The van der Waals surface area contributed by atoms with Crippen LogP contribution in [0.25, 0.3) is 0 Å². The molecule has 0 radical (unpaired) electrons. The largest absolute Gasteiger partial charge is 0.296 e. The Morgan fingerprint density at radius 1 is 1.78 bits per heavy atom. The Morgan fingerprint density at radius 3 is 2.44 bits per heavy atom. The van der Waals surface area contributed by atoms with Gasteiger partial charge in [0.25, 0.3) is 0 Å². The normalized spacial score (nSPS) is 31.9. The lowest BCUT2D eigenvalue weighted by Crippen LogP contribution is -2.47. The molecule has 3 heteroatoms. The van der Waals surface area contributed by atoms with E-state index < -0.39 is 4.33 Å². The van der Waals surface area contributed by atoms with Crippen LogP contribution in [-0.4, -0.2) is 10.1 Å². The maximum absolute atomic E-state index is 10.7. The number of ketones is 1. The zero-order valence-electron chi connectivity index (χ0n) is 5.16. The molecule has 0 aromatic rings. The Kier molecular flexibility index (Phi) is 1.75. The van der Waals surface area contributed by atoms with Crippen LogP contribution in [-0.2, 0) is 4.79 Å². The van der Waals surface area contributed by atoms with Crippen LogP contribution in [0.4, 0.5) is 0 Å². The van der Waals surface area contributed by atoms with Crippen molar-refractivity contribution in [2.24, 2.45) is 5.92 Å². The van der Waals surface area contributed by atoms with E-state index in [1.165, 1.54) is 0 Å². The Labute approximate surface area is 64.3 Å². The number of alkyl halides is 2. The van der Waals surface area contributed by atoms with Crippen LogP contribution in [0.3, 0.4) is 0 Å². The fourth-order valence-corrected chi connectivity index (χ4v) is 1.60. The molecule has 0 N–H and O–H groups in total. The van der Waals surface area contributed by atoms with E-state index in [0.717, 1.165) is 6.42 Å². The van der Waals surface area contributed by atoms with E-state index in [1.54, 1.807) is 0 Å². The van der Waals surface area contributed by atoms with Gasteiger partial charge in [-0.2, -0.15) is 0 Å². The molecule has 1 aliphatic rings. The number of Topliss-reactive ketones (excluding diaryl/α,β-unsaturated/α-hetero) is 1. The van der Waals surface area contributed by atoms with E-state index in [2.05, 4.69) is 0 Å². The second kappa shape index (κ2) is 2.14. The summed E-state index contributed by atoms with van der Waals surface area (Å²) in [5.41, 5.74) is 0.